The maximum Gasteiger partial charge on any atom is 0.311 e. The number of carbonyl (C=O) groups is 3. The molecule has 5 fully saturated rings. The maximum atomic E-state index is 12.6. The molecule has 7 nitrogen and oxygen atoms in total. The Morgan fingerprint density at radius 1 is 1.03 bits per heavy atom. The lowest BCUT2D eigenvalue weighted by Crippen LogP contribution is -2.67. The molecule has 0 amide bonds. The van der Waals surface area contributed by atoms with Crippen molar-refractivity contribution in [2.75, 3.05) is 0 Å². The third-order valence-corrected chi connectivity index (χ3v) is 9.40. The van der Waals surface area contributed by atoms with Crippen LogP contribution >= 0.6 is 0 Å². The zero-order chi connectivity index (χ0) is 22.3. The highest BCUT2D eigenvalue weighted by atomic mass is 16.8. The first-order valence-corrected chi connectivity index (χ1v) is 11.7. The largest absolute Gasteiger partial charge is 0.462 e. The zero-order valence-corrected chi connectivity index (χ0v) is 19.1. The molecule has 1 spiro atoms. The Labute approximate surface area is 183 Å². The number of carbonyl (C=O) groups excluding carboxylic acids is 3. The summed E-state index contributed by atoms with van der Waals surface area (Å²) in [6, 6.07) is 0. The highest BCUT2D eigenvalue weighted by molar-refractivity contribution is 5.76. The number of hydrogen-bond acceptors (Lipinski definition) is 7. The summed E-state index contributed by atoms with van der Waals surface area (Å²) in [5, 5.41) is 0. The van der Waals surface area contributed by atoms with Gasteiger partial charge in [-0.25, -0.2) is 0 Å². The van der Waals surface area contributed by atoms with E-state index in [0.717, 1.165) is 32.1 Å². The Morgan fingerprint density at radius 2 is 1.74 bits per heavy atom. The predicted octanol–water partition coefficient (Wildman–Crippen LogP) is 3.59. The standard InChI is InChI=1S/C24H34O7/c1-12(25)28-15-11-24-16(23(5)10-6-9-22(3,4)18(15)23)8-7-14-17(24)20(30-19(14)27)31-21(24)29-13(2)26/h14-18,20-21H,6-11H2,1-5H3/t14-,15+,16-,17+,18+,20+,21+,23-,24+/m1/s1. The van der Waals surface area contributed by atoms with E-state index in [-0.39, 0.29) is 52.5 Å². The first-order valence-electron chi connectivity index (χ1n) is 11.7. The molecule has 0 bridgehead atoms. The minimum absolute atomic E-state index is 0.0172. The predicted molar refractivity (Wildman–Crippen MR) is 108 cm³/mol. The van der Waals surface area contributed by atoms with Gasteiger partial charge in [-0.2, -0.15) is 0 Å². The summed E-state index contributed by atoms with van der Waals surface area (Å²) in [4.78, 5) is 36.9. The molecule has 0 N–H and O–H groups in total. The van der Waals surface area contributed by atoms with E-state index in [4.69, 9.17) is 18.9 Å². The molecule has 2 heterocycles. The van der Waals surface area contributed by atoms with Gasteiger partial charge in [-0.15, -0.1) is 0 Å². The second-order valence-corrected chi connectivity index (χ2v) is 11.4. The molecule has 0 radical (unpaired) electrons. The minimum Gasteiger partial charge on any atom is -0.462 e. The minimum atomic E-state index is -0.790. The van der Waals surface area contributed by atoms with Gasteiger partial charge in [0.05, 0.1) is 5.92 Å². The summed E-state index contributed by atoms with van der Waals surface area (Å²) in [5.41, 5.74) is -0.694. The van der Waals surface area contributed by atoms with Crippen LogP contribution in [0.25, 0.3) is 0 Å². The summed E-state index contributed by atoms with van der Waals surface area (Å²) in [6.45, 7) is 9.75. The number of fused-ring (bicyclic) bond motifs is 2. The van der Waals surface area contributed by atoms with E-state index in [1.54, 1.807) is 0 Å². The topological polar surface area (TPSA) is 88.1 Å². The average molecular weight is 435 g/mol. The molecular formula is C24H34O7. The molecule has 9 atom stereocenters. The molecule has 5 aliphatic rings. The van der Waals surface area contributed by atoms with E-state index in [1.165, 1.54) is 13.8 Å². The fraction of sp³-hybridized carbons (Fsp3) is 0.875. The van der Waals surface area contributed by atoms with Crippen LogP contribution in [0.3, 0.4) is 0 Å². The van der Waals surface area contributed by atoms with Crippen LogP contribution in [0.15, 0.2) is 0 Å². The Bertz CT molecular complexity index is 821. The lowest BCUT2D eigenvalue weighted by Gasteiger charge is -2.66. The van der Waals surface area contributed by atoms with Crippen molar-refractivity contribution >= 4 is 17.9 Å². The fourth-order valence-electron chi connectivity index (χ4n) is 8.91. The van der Waals surface area contributed by atoms with Crippen molar-refractivity contribution in [3.8, 4) is 0 Å². The van der Waals surface area contributed by atoms with Gasteiger partial charge in [0.2, 0.25) is 12.6 Å². The maximum absolute atomic E-state index is 12.6. The molecule has 0 aromatic carbocycles. The SMILES string of the molecule is CC(=O)O[C@H]1O[C@@H]2OC(=O)[C@@H]3CC[C@@H]4[C@@]5(C)CCCC(C)(C)[C@@H]5[C@@H](OC(C)=O)C[C@]14[C@H]23. The summed E-state index contributed by atoms with van der Waals surface area (Å²) >= 11 is 0. The number of esters is 3. The second kappa shape index (κ2) is 6.69. The van der Waals surface area contributed by atoms with Gasteiger partial charge in [0.25, 0.3) is 0 Å². The summed E-state index contributed by atoms with van der Waals surface area (Å²) in [7, 11) is 0. The Hall–Kier alpha value is -1.63. The molecular weight excluding hydrogens is 400 g/mol. The second-order valence-electron chi connectivity index (χ2n) is 11.4. The van der Waals surface area contributed by atoms with Crippen LogP contribution < -0.4 is 0 Å². The van der Waals surface area contributed by atoms with Gasteiger partial charge in [0.1, 0.15) is 6.10 Å². The van der Waals surface area contributed by atoms with Gasteiger partial charge in [-0.3, -0.25) is 14.4 Å². The van der Waals surface area contributed by atoms with Crippen LogP contribution in [0.5, 0.6) is 0 Å². The smallest absolute Gasteiger partial charge is 0.311 e. The van der Waals surface area contributed by atoms with Crippen molar-refractivity contribution in [2.24, 2.45) is 39.9 Å². The Kier molecular flexibility index (Phi) is 4.58. The quantitative estimate of drug-likeness (QED) is 0.485. The summed E-state index contributed by atoms with van der Waals surface area (Å²) in [5.74, 6) is -0.961. The van der Waals surface area contributed by atoms with Gasteiger partial charge in [0.15, 0.2) is 0 Å². The molecule has 7 heteroatoms. The van der Waals surface area contributed by atoms with Gasteiger partial charge in [0, 0.05) is 31.1 Å². The number of rotatable bonds is 2. The number of ether oxygens (including phenoxy) is 4. The normalized spacial score (nSPS) is 49.3. The molecule has 3 saturated carbocycles. The van der Waals surface area contributed by atoms with Crippen LogP contribution in [0.2, 0.25) is 0 Å². The van der Waals surface area contributed by atoms with Crippen LogP contribution in [0.4, 0.5) is 0 Å². The first kappa shape index (κ1) is 21.2. The molecule has 5 rings (SSSR count). The third kappa shape index (κ3) is 2.77. The Morgan fingerprint density at radius 3 is 2.42 bits per heavy atom. The monoisotopic (exact) mass is 434 g/mol. The zero-order valence-electron chi connectivity index (χ0n) is 19.1. The molecule has 2 aliphatic heterocycles. The van der Waals surface area contributed by atoms with E-state index in [2.05, 4.69) is 20.8 Å². The van der Waals surface area contributed by atoms with E-state index < -0.39 is 24.0 Å². The highest BCUT2D eigenvalue weighted by Crippen LogP contribution is 2.74. The Balaban J connectivity index is 1.67. The molecule has 3 aliphatic carbocycles. The van der Waals surface area contributed by atoms with Crippen LogP contribution in [-0.4, -0.2) is 36.6 Å². The lowest BCUT2D eigenvalue weighted by molar-refractivity contribution is -0.272. The van der Waals surface area contributed by atoms with Gasteiger partial charge >= 0.3 is 17.9 Å². The van der Waals surface area contributed by atoms with E-state index >= 15 is 0 Å². The van der Waals surface area contributed by atoms with Gasteiger partial charge in [-0.1, -0.05) is 27.2 Å². The van der Waals surface area contributed by atoms with Crippen molar-refractivity contribution in [3.63, 3.8) is 0 Å². The first-order chi connectivity index (χ1) is 14.5. The fourth-order valence-corrected chi connectivity index (χ4v) is 8.91. The van der Waals surface area contributed by atoms with E-state index in [1.807, 2.05) is 0 Å². The molecule has 31 heavy (non-hydrogen) atoms. The summed E-state index contributed by atoms with van der Waals surface area (Å²) < 4.78 is 23.6. The van der Waals surface area contributed by atoms with Crippen LogP contribution in [-0.2, 0) is 33.3 Å². The van der Waals surface area contributed by atoms with E-state index in [9.17, 15) is 14.4 Å². The molecule has 0 unspecified atom stereocenters. The van der Waals surface area contributed by atoms with Crippen LogP contribution in [0, 0.1) is 39.9 Å². The third-order valence-electron chi connectivity index (χ3n) is 9.40. The van der Waals surface area contributed by atoms with Crippen LogP contribution in [0.1, 0.15) is 73.1 Å². The lowest BCUT2D eigenvalue weighted by atomic mass is 9.38. The average Bonchev–Trinajstić information content (AvgIpc) is 3.10. The molecule has 0 aromatic rings. The van der Waals surface area contributed by atoms with Crippen molar-refractivity contribution < 1.29 is 33.3 Å². The van der Waals surface area contributed by atoms with E-state index in [0.29, 0.717) is 6.42 Å². The molecule has 172 valence electrons. The van der Waals surface area contributed by atoms with Crippen molar-refractivity contribution in [1.29, 1.82) is 0 Å². The van der Waals surface area contributed by atoms with Crippen molar-refractivity contribution in [2.45, 2.75) is 91.8 Å². The number of hydrogen-bond donors (Lipinski definition) is 0. The highest BCUT2D eigenvalue weighted by Gasteiger charge is 2.77. The van der Waals surface area contributed by atoms with Gasteiger partial charge in [-0.05, 0) is 48.9 Å². The molecule has 0 aromatic heterocycles. The van der Waals surface area contributed by atoms with Crippen molar-refractivity contribution in [3.05, 3.63) is 0 Å². The van der Waals surface area contributed by atoms with Gasteiger partial charge < -0.3 is 18.9 Å². The molecule has 2 saturated heterocycles. The summed E-state index contributed by atoms with van der Waals surface area (Å²) in [6.07, 6.45) is 3.58. The van der Waals surface area contributed by atoms with Crippen molar-refractivity contribution in [1.82, 2.24) is 0 Å².